The van der Waals surface area contributed by atoms with E-state index in [1.54, 1.807) is 0 Å². The van der Waals surface area contributed by atoms with E-state index in [0.717, 1.165) is 0 Å². The molecule has 0 unspecified atom stereocenters. The second-order valence-corrected chi connectivity index (χ2v) is 25.1. The third kappa shape index (κ3) is 6.77. The molecule has 0 amide bonds. The van der Waals surface area contributed by atoms with Crippen LogP contribution in [0, 0.1) is 0 Å². The second kappa shape index (κ2) is 14.9. The lowest BCUT2D eigenvalue weighted by molar-refractivity contribution is 0.580. The average Bonchev–Trinajstić information content (AvgIpc) is 3.70. The van der Waals surface area contributed by atoms with E-state index in [2.05, 4.69) is 254 Å². The quantitative estimate of drug-likeness (QED) is 0.154. The summed E-state index contributed by atoms with van der Waals surface area (Å²) in [6, 6.07) is 63.9. The van der Waals surface area contributed by atoms with Crippen LogP contribution in [0.25, 0.3) is 99.1 Å². The zero-order valence-corrected chi connectivity index (χ0v) is 43.6. The summed E-state index contributed by atoms with van der Waals surface area (Å²) in [6.45, 7) is 30.6. The van der Waals surface area contributed by atoms with E-state index in [1.165, 1.54) is 138 Å². The largest absolute Gasteiger partial charge is 0.0579 e. The highest BCUT2D eigenvalue weighted by Gasteiger charge is 2.40. The minimum absolute atomic E-state index is 0.0239. The van der Waals surface area contributed by atoms with Gasteiger partial charge < -0.3 is 0 Å². The van der Waals surface area contributed by atoms with Crippen molar-refractivity contribution in [3.05, 3.63) is 203 Å². The second-order valence-electron chi connectivity index (χ2n) is 25.1. The Hall–Kier alpha value is -6.76. The number of fused-ring (bicyclic) bond motifs is 6. The summed E-state index contributed by atoms with van der Waals surface area (Å²) in [7, 11) is 0. The Balaban J connectivity index is 0.849. The van der Waals surface area contributed by atoms with Crippen LogP contribution in [0.4, 0.5) is 0 Å². The first-order valence-corrected chi connectivity index (χ1v) is 25.6. The molecule has 0 aliphatic heterocycles. The fourth-order valence-corrected chi connectivity index (χ4v) is 12.3. The maximum absolute atomic E-state index is 2.50. The van der Waals surface area contributed by atoms with Crippen molar-refractivity contribution in [3.8, 4) is 66.8 Å². The molecule has 2 aliphatic rings. The molecule has 0 heterocycles. The normalized spacial score (nSPS) is 14.9. The fraction of sp³-hybridized carbons (Fsp3) is 0.257. The van der Waals surface area contributed by atoms with Gasteiger partial charge in [-0.15, -0.1) is 0 Å². The van der Waals surface area contributed by atoms with Gasteiger partial charge in [0.1, 0.15) is 0 Å². The molecule has 0 aromatic heterocycles. The lowest BCUT2D eigenvalue weighted by atomic mass is 9.76. The van der Waals surface area contributed by atoms with Gasteiger partial charge >= 0.3 is 0 Å². The van der Waals surface area contributed by atoms with Gasteiger partial charge in [-0.2, -0.15) is 0 Å². The Bertz CT molecular complexity index is 3750. The standard InChI is InChI=1S/C70H66/c1-66(2,3)50-28-33-57-61(39-50)70(12,13)62-40-52(68(7,8)9)38-58(65(57)62)44-20-16-42(17-21-44)47-26-31-55-54-30-25-46(36-59(54)69(10,11)60(55)37-47)41-14-18-43(19-15-41)53-29-24-45-22-23-48-34-51(67(4,5)6)35-49-27-32-56(53)64(45)63(48)49/h14-40H,1-13H3. The van der Waals surface area contributed by atoms with Crippen LogP contribution in [0.3, 0.4) is 0 Å². The van der Waals surface area contributed by atoms with Gasteiger partial charge in [0.25, 0.3) is 0 Å². The average molecular weight is 907 g/mol. The Morgan fingerprint density at radius 2 is 0.671 bits per heavy atom. The van der Waals surface area contributed by atoms with Gasteiger partial charge in [-0.3, -0.25) is 0 Å². The van der Waals surface area contributed by atoms with Gasteiger partial charge in [-0.05, 0) is 172 Å². The van der Waals surface area contributed by atoms with Gasteiger partial charge in [-0.1, -0.05) is 236 Å². The zero-order valence-electron chi connectivity index (χ0n) is 43.6. The Kier molecular flexibility index (Phi) is 9.45. The van der Waals surface area contributed by atoms with Crippen molar-refractivity contribution in [1.29, 1.82) is 0 Å². The molecule has 0 N–H and O–H groups in total. The molecule has 10 aromatic carbocycles. The van der Waals surface area contributed by atoms with Crippen LogP contribution in [0.1, 0.15) is 129 Å². The molecule has 10 aromatic rings. The molecule has 0 bridgehead atoms. The number of hydrogen-bond acceptors (Lipinski definition) is 0. The number of hydrogen-bond donors (Lipinski definition) is 0. The smallest absolute Gasteiger partial charge is 0.0159 e. The summed E-state index contributed by atoms with van der Waals surface area (Å²) in [5, 5.41) is 8.01. The molecular formula is C70H66. The van der Waals surface area contributed by atoms with Crippen molar-refractivity contribution >= 4 is 32.3 Å². The fourth-order valence-electron chi connectivity index (χ4n) is 12.3. The highest BCUT2D eigenvalue weighted by molar-refractivity contribution is 6.25. The molecule has 0 nitrogen and oxygen atoms in total. The predicted molar refractivity (Wildman–Crippen MR) is 303 cm³/mol. The van der Waals surface area contributed by atoms with E-state index in [-0.39, 0.29) is 27.1 Å². The van der Waals surface area contributed by atoms with E-state index < -0.39 is 0 Å². The van der Waals surface area contributed by atoms with Crippen LogP contribution < -0.4 is 0 Å². The first-order chi connectivity index (χ1) is 33.1. The van der Waals surface area contributed by atoms with E-state index in [4.69, 9.17) is 0 Å². The first kappa shape index (κ1) is 44.4. The monoisotopic (exact) mass is 907 g/mol. The molecule has 0 spiro atoms. The van der Waals surface area contributed by atoms with Crippen molar-refractivity contribution in [2.45, 2.75) is 117 Å². The van der Waals surface area contributed by atoms with Gasteiger partial charge in [0.2, 0.25) is 0 Å². The van der Waals surface area contributed by atoms with Crippen LogP contribution in [0.2, 0.25) is 0 Å². The van der Waals surface area contributed by atoms with Crippen LogP contribution in [-0.4, -0.2) is 0 Å². The van der Waals surface area contributed by atoms with Crippen molar-refractivity contribution in [2.24, 2.45) is 0 Å². The molecule has 0 radical (unpaired) electrons. The molecule has 0 atom stereocenters. The van der Waals surface area contributed by atoms with E-state index in [1.807, 2.05) is 0 Å². The molecular weight excluding hydrogens is 841 g/mol. The lowest BCUT2D eigenvalue weighted by Crippen LogP contribution is -2.19. The summed E-state index contributed by atoms with van der Waals surface area (Å²) in [5.74, 6) is 0. The lowest BCUT2D eigenvalue weighted by Gasteiger charge is -2.27. The van der Waals surface area contributed by atoms with Crippen molar-refractivity contribution in [3.63, 3.8) is 0 Å². The maximum Gasteiger partial charge on any atom is 0.0159 e. The highest BCUT2D eigenvalue weighted by Crippen LogP contribution is 2.55. The molecule has 0 saturated carbocycles. The molecule has 346 valence electrons. The summed E-state index contributed by atoms with van der Waals surface area (Å²) in [4.78, 5) is 0. The third-order valence-corrected chi connectivity index (χ3v) is 16.7. The first-order valence-electron chi connectivity index (χ1n) is 25.6. The van der Waals surface area contributed by atoms with Crippen LogP contribution in [0.5, 0.6) is 0 Å². The van der Waals surface area contributed by atoms with Crippen molar-refractivity contribution in [1.82, 2.24) is 0 Å². The summed E-state index contributed by atoms with van der Waals surface area (Å²) in [5.41, 5.74) is 25.4. The number of benzene rings is 10. The molecule has 0 heteroatoms. The molecule has 70 heavy (non-hydrogen) atoms. The minimum atomic E-state index is -0.146. The summed E-state index contributed by atoms with van der Waals surface area (Å²) < 4.78 is 0. The van der Waals surface area contributed by atoms with Crippen molar-refractivity contribution < 1.29 is 0 Å². The van der Waals surface area contributed by atoms with Crippen LogP contribution in [-0.2, 0) is 27.1 Å². The maximum atomic E-state index is 2.50. The van der Waals surface area contributed by atoms with Crippen LogP contribution in [0.15, 0.2) is 164 Å². The predicted octanol–water partition coefficient (Wildman–Crippen LogP) is 19.8. The molecule has 0 fully saturated rings. The highest BCUT2D eigenvalue weighted by atomic mass is 14.4. The molecule has 0 saturated heterocycles. The molecule has 2 aliphatic carbocycles. The van der Waals surface area contributed by atoms with E-state index >= 15 is 0 Å². The van der Waals surface area contributed by atoms with Gasteiger partial charge in [0, 0.05) is 10.8 Å². The van der Waals surface area contributed by atoms with Gasteiger partial charge in [0.05, 0.1) is 0 Å². The Morgan fingerprint density at radius 3 is 1.23 bits per heavy atom. The van der Waals surface area contributed by atoms with Crippen LogP contribution >= 0.6 is 0 Å². The van der Waals surface area contributed by atoms with Gasteiger partial charge in [-0.25, -0.2) is 0 Å². The zero-order chi connectivity index (χ0) is 49.0. The SMILES string of the molecule is CC(C)(C)c1ccc2c(c1)C(C)(C)c1cc(C(C)(C)C)cc(-c3ccc(-c4ccc5c(c4)C(C)(C)c4cc(-c6ccc(-c7ccc8ccc9cc(C(C)(C)C)cc%10ccc7c8c9%10)cc6)ccc4-5)cc3)c1-2. The number of rotatable bonds is 4. The topological polar surface area (TPSA) is 0 Å². The van der Waals surface area contributed by atoms with Gasteiger partial charge in [0.15, 0.2) is 0 Å². The Labute approximate surface area is 416 Å². The van der Waals surface area contributed by atoms with E-state index in [9.17, 15) is 0 Å². The minimum Gasteiger partial charge on any atom is -0.0579 e. The molecule has 12 rings (SSSR count). The summed E-state index contributed by atoms with van der Waals surface area (Å²) >= 11 is 0. The Morgan fingerprint density at radius 1 is 0.271 bits per heavy atom. The van der Waals surface area contributed by atoms with E-state index in [0.29, 0.717) is 0 Å². The van der Waals surface area contributed by atoms with Crippen molar-refractivity contribution in [2.75, 3.05) is 0 Å². The third-order valence-electron chi connectivity index (χ3n) is 16.7. The summed E-state index contributed by atoms with van der Waals surface area (Å²) in [6.07, 6.45) is 0.